The number of halogens is 1. The number of alkyl halides is 1. The summed E-state index contributed by atoms with van der Waals surface area (Å²) in [6, 6.07) is 0. The molecular weight excluding hydrogens is 182 g/mol. The summed E-state index contributed by atoms with van der Waals surface area (Å²) in [6.07, 6.45) is 8.19. The molecule has 0 aromatic carbocycles. The van der Waals surface area contributed by atoms with E-state index < -0.39 is 0 Å². The lowest BCUT2D eigenvalue weighted by Gasteiger charge is -2.59. The third-order valence-corrected chi connectivity index (χ3v) is 5.08. The van der Waals surface area contributed by atoms with Gasteiger partial charge in [-0.2, -0.15) is 0 Å². The monoisotopic (exact) mass is 200 g/mol. The number of quaternary nitrogens is 1. The summed E-state index contributed by atoms with van der Waals surface area (Å²) >= 11 is 6.67. The fourth-order valence-corrected chi connectivity index (χ4v) is 5.35. The Morgan fingerprint density at radius 2 is 1.77 bits per heavy atom. The second-order valence-corrected chi connectivity index (χ2v) is 6.66. The van der Waals surface area contributed by atoms with Crippen molar-refractivity contribution in [2.75, 3.05) is 6.54 Å². The van der Waals surface area contributed by atoms with Gasteiger partial charge in [0.2, 0.25) is 0 Å². The van der Waals surface area contributed by atoms with E-state index in [0.717, 1.165) is 18.4 Å². The van der Waals surface area contributed by atoms with E-state index >= 15 is 0 Å². The summed E-state index contributed by atoms with van der Waals surface area (Å²) in [6.45, 7) is 1.12. The van der Waals surface area contributed by atoms with Gasteiger partial charge in [0.15, 0.2) is 0 Å². The first-order chi connectivity index (χ1) is 6.13. The molecule has 4 bridgehead atoms. The molecule has 0 unspecified atom stereocenters. The minimum absolute atomic E-state index is 0.196. The molecule has 0 heterocycles. The molecule has 4 fully saturated rings. The zero-order valence-electron chi connectivity index (χ0n) is 8.19. The maximum atomic E-state index is 6.67. The van der Waals surface area contributed by atoms with Crippen LogP contribution in [0, 0.1) is 17.3 Å². The molecule has 0 spiro atoms. The van der Waals surface area contributed by atoms with E-state index in [9.17, 15) is 0 Å². The van der Waals surface area contributed by atoms with Gasteiger partial charge in [0.25, 0.3) is 0 Å². The van der Waals surface area contributed by atoms with Gasteiger partial charge in [-0.3, -0.25) is 0 Å². The highest BCUT2D eigenvalue weighted by molar-refractivity contribution is 6.24. The molecule has 2 atom stereocenters. The summed E-state index contributed by atoms with van der Waals surface area (Å²) in [7, 11) is 0. The predicted octanol–water partition coefficient (Wildman–Crippen LogP) is 1.81. The molecule has 0 amide bonds. The van der Waals surface area contributed by atoms with Crippen LogP contribution in [0.4, 0.5) is 0 Å². The quantitative estimate of drug-likeness (QED) is 0.626. The molecular formula is C11H19ClN+. The van der Waals surface area contributed by atoms with Gasteiger partial charge in [0.1, 0.15) is 0 Å². The van der Waals surface area contributed by atoms with Gasteiger partial charge in [0, 0.05) is 10.3 Å². The fourth-order valence-electron chi connectivity index (χ4n) is 4.63. The van der Waals surface area contributed by atoms with Crippen LogP contribution in [0.25, 0.3) is 0 Å². The lowest BCUT2D eigenvalue weighted by Crippen LogP contribution is -2.65. The Labute approximate surface area is 85.0 Å². The molecule has 0 aliphatic heterocycles. The van der Waals surface area contributed by atoms with Crippen LogP contribution < -0.4 is 5.73 Å². The van der Waals surface area contributed by atoms with Crippen molar-refractivity contribution in [3.63, 3.8) is 0 Å². The van der Waals surface area contributed by atoms with Gasteiger partial charge >= 0.3 is 0 Å². The average Bonchev–Trinajstić information content (AvgIpc) is 1.99. The summed E-state index contributed by atoms with van der Waals surface area (Å²) in [5.41, 5.74) is 4.71. The van der Waals surface area contributed by atoms with Gasteiger partial charge in [-0.05, 0) is 50.4 Å². The minimum atomic E-state index is 0.196. The van der Waals surface area contributed by atoms with Gasteiger partial charge in [-0.1, -0.05) is 0 Å². The Kier molecular flexibility index (Phi) is 1.60. The lowest BCUT2D eigenvalue weighted by atomic mass is 9.49. The molecule has 13 heavy (non-hydrogen) atoms. The van der Waals surface area contributed by atoms with E-state index in [2.05, 4.69) is 5.73 Å². The number of hydrogen-bond donors (Lipinski definition) is 1. The maximum absolute atomic E-state index is 6.67. The van der Waals surface area contributed by atoms with Crippen LogP contribution in [-0.4, -0.2) is 11.4 Å². The summed E-state index contributed by atoms with van der Waals surface area (Å²) in [4.78, 5) is 0.196. The average molecular weight is 201 g/mol. The lowest BCUT2D eigenvalue weighted by molar-refractivity contribution is -0.402. The minimum Gasteiger partial charge on any atom is -0.357 e. The molecule has 2 heteroatoms. The van der Waals surface area contributed by atoms with Crippen LogP contribution in [0.2, 0.25) is 0 Å². The van der Waals surface area contributed by atoms with E-state index in [1.165, 1.54) is 38.5 Å². The van der Waals surface area contributed by atoms with Crippen LogP contribution in [0.3, 0.4) is 0 Å². The molecule has 4 rings (SSSR count). The van der Waals surface area contributed by atoms with Crippen molar-refractivity contribution < 1.29 is 5.73 Å². The Hall–Kier alpha value is 0.250. The van der Waals surface area contributed by atoms with Gasteiger partial charge < -0.3 is 5.73 Å². The molecule has 0 aromatic heterocycles. The fraction of sp³-hybridized carbons (Fsp3) is 1.00. The molecule has 1 nitrogen and oxygen atoms in total. The maximum Gasteiger partial charge on any atom is 0.0797 e. The van der Waals surface area contributed by atoms with E-state index in [-0.39, 0.29) is 4.87 Å². The van der Waals surface area contributed by atoms with Gasteiger partial charge in [0.05, 0.1) is 6.54 Å². The highest BCUT2D eigenvalue weighted by Crippen LogP contribution is 2.63. The molecule has 0 radical (unpaired) electrons. The zero-order valence-corrected chi connectivity index (χ0v) is 8.95. The van der Waals surface area contributed by atoms with Crippen molar-refractivity contribution in [2.24, 2.45) is 17.3 Å². The van der Waals surface area contributed by atoms with Crippen molar-refractivity contribution in [1.29, 1.82) is 0 Å². The van der Waals surface area contributed by atoms with Crippen molar-refractivity contribution >= 4 is 11.6 Å². The first-order valence-corrected chi connectivity index (χ1v) is 5.99. The summed E-state index contributed by atoms with van der Waals surface area (Å²) in [5, 5.41) is 0. The molecule has 74 valence electrons. The topological polar surface area (TPSA) is 27.6 Å². The second-order valence-electron chi connectivity index (χ2n) is 5.86. The third kappa shape index (κ3) is 1.16. The van der Waals surface area contributed by atoms with Gasteiger partial charge in [-0.15, -0.1) is 11.6 Å². The van der Waals surface area contributed by atoms with Crippen LogP contribution >= 0.6 is 11.6 Å². The van der Waals surface area contributed by atoms with E-state index in [1.807, 2.05) is 0 Å². The van der Waals surface area contributed by atoms with Crippen LogP contribution in [0.5, 0.6) is 0 Å². The Balaban J connectivity index is 1.95. The van der Waals surface area contributed by atoms with E-state index in [1.54, 1.807) is 0 Å². The molecule has 0 aromatic rings. The second kappa shape index (κ2) is 2.43. The zero-order chi connectivity index (χ0) is 9.10. The first kappa shape index (κ1) is 8.55. The molecule has 4 aliphatic rings. The number of rotatable bonds is 1. The van der Waals surface area contributed by atoms with Crippen molar-refractivity contribution in [3.8, 4) is 0 Å². The standard InChI is InChI=1S/C11H18ClN/c12-11-4-8-1-9(5-11)3-10(2-8,6-11)7-13/h8-9H,1-7,13H2/p+1/t8-,9-,10?,11?/m0/s1. The Morgan fingerprint density at radius 3 is 2.23 bits per heavy atom. The van der Waals surface area contributed by atoms with E-state index in [4.69, 9.17) is 11.6 Å². The SMILES string of the molecule is [NH3+]CC12C[C@@H]3C[C@H](CC(Cl)(C3)C1)C2. The molecule has 3 N–H and O–H groups in total. The highest BCUT2D eigenvalue weighted by Gasteiger charge is 2.57. The first-order valence-electron chi connectivity index (χ1n) is 5.61. The summed E-state index contributed by atoms with van der Waals surface area (Å²) < 4.78 is 0. The van der Waals surface area contributed by atoms with Crippen molar-refractivity contribution in [1.82, 2.24) is 0 Å². The Morgan fingerprint density at radius 1 is 1.15 bits per heavy atom. The largest absolute Gasteiger partial charge is 0.357 e. The van der Waals surface area contributed by atoms with E-state index in [0.29, 0.717) is 5.41 Å². The highest BCUT2D eigenvalue weighted by atomic mass is 35.5. The van der Waals surface area contributed by atoms with Crippen LogP contribution in [0.15, 0.2) is 0 Å². The predicted molar refractivity (Wildman–Crippen MR) is 53.5 cm³/mol. The molecule has 4 aliphatic carbocycles. The smallest absolute Gasteiger partial charge is 0.0797 e. The third-order valence-electron chi connectivity index (χ3n) is 4.64. The van der Waals surface area contributed by atoms with Crippen LogP contribution in [-0.2, 0) is 0 Å². The van der Waals surface area contributed by atoms with Gasteiger partial charge in [-0.25, -0.2) is 0 Å². The van der Waals surface area contributed by atoms with Crippen molar-refractivity contribution in [3.05, 3.63) is 0 Å². The normalized spacial score (nSPS) is 58.6. The van der Waals surface area contributed by atoms with Crippen LogP contribution in [0.1, 0.15) is 38.5 Å². The Bertz CT molecular complexity index is 224. The number of hydrogen-bond acceptors (Lipinski definition) is 0. The summed E-state index contributed by atoms with van der Waals surface area (Å²) in [5.74, 6) is 1.89. The molecule has 0 saturated heterocycles. The van der Waals surface area contributed by atoms with Crippen molar-refractivity contribution in [2.45, 2.75) is 43.4 Å². The molecule has 4 saturated carbocycles.